The first-order valence-electron chi connectivity index (χ1n) is 6.25. The molecule has 1 saturated heterocycles. The van der Waals surface area contributed by atoms with Gasteiger partial charge in [0, 0.05) is 31.3 Å². The molecule has 96 valence electrons. The summed E-state index contributed by atoms with van der Waals surface area (Å²) in [5.74, 6) is 0.440. The molecule has 1 aliphatic rings. The molecule has 2 heterocycles. The topological polar surface area (TPSA) is 14.2 Å². The van der Waals surface area contributed by atoms with Crippen molar-refractivity contribution in [3.63, 3.8) is 0 Å². The molecule has 0 saturated carbocycles. The van der Waals surface area contributed by atoms with E-state index in [2.05, 4.69) is 20.5 Å². The summed E-state index contributed by atoms with van der Waals surface area (Å²) in [4.78, 5) is 0. The fraction of sp³-hybridized carbons (Fsp3) is 0.429. The Labute approximate surface area is 114 Å². The van der Waals surface area contributed by atoms with E-state index >= 15 is 0 Å². The van der Waals surface area contributed by atoms with E-state index in [1.807, 2.05) is 18.3 Å². The van der Waals surface area contributed by atoms with Crippen molar-refractivity contribution in [3.05, 3.63) is 34.7 Å². The molecule has 0 unspecified atom stereocenters. The zero-order valence-electron chi connectivity index (χ0n) is 10.0. The number of halogens is 2. The molecule has 1 aliphatic heterocycles. The Kier molecular flexibility index (Phi) is 3.39. The number of rotatable bonds is 2. The second-order valence-corrected chi connectivity index (χ2v) is 5.70. The minimum absolute atomic E-state index is 0.200. The SMILES string of the molecule is Fc1cc2c(ccn2CC2CCOCC2)cc1Br. The maximum Gasteiger partial charge on any atom is 0.139 e. The van der Waals surface area contributed by atoms with Gasteiger partial charge < -0.3 is 9.30 Å². The summed E-state index contributed by atoms with van der Waals surface area (Å²) in [6.45, 7) is 2.65. The largest absolute Gasteiger partial charge is 0.381 e. The molecule has 0 N–H and O–H groups in total. The molecule has 0 aliphatic carbocycles. The van der Waals surface area contributed by atoms with Crippen LogP contribution < -0.4 is 0 Å². The maximum absolute atomic E-state index is 13.6. The predicted molar refractivity (Wildman–Crippen MR) is 73.1 cm³/mol. The predicted octanol–water partition coefficient (Wildman–Crippen LogP) is 3.97. The zero-order valence-corrected chi connectivity index (χ0v) is 11.6. The van der Waals surface area contributed by atoms with Crippen molar-refractivity contribution in [3.8, 4) is 0 Å². The summed E-state index contributed by atoms with van der Waals surface area (Å²) in [5, 5.41) is 1.08. The molecule has 0 bridgehead atoms. The van der Waals surface area contributed by atoms with E-state index in [0.29, 0.717) is 10.4 Å². The fourth-order valence-corrected chi connectivity index (χ4v) is 2.91. The van der Waals surface area contributed by atoms with Crippen LogP contribution in [-0.4, -0.2) is 17.8 Å². The second kappa shape index (κ2) is 5.02. The summed E-state index contributed by atoms with van der Waals surface area (Å²) < 4.78 is 21.7. The smallest absolute Gasteiger partial charge is 0.139 e. The quantitative estimate of drug-likeness (QED) is 0.818. The minimum Gasteiger partial charge on any atom is -0.381 e. The van der Waals surface area contributed by atoms with Crippen molar-refractivity contribution in [1.29, 1.82) is 0 Å². The van der Waals surface area contributed by atoms with E-state index in [0.717, 1.165) is 43.5 Å². The molecule has 4 heteroatoms. The average molecular weight is 312 g/mol. The Hall–Kier alpha value is -0.870. The zero-order chi connectivity index (χ0) is 12.5. The van der Waals surface area contributed by atoms with Crippen molar-refractivity contribution in [2.45, 2.75) is 19.4 Å². The van der Waals surface area contributed by atoms with Crippen LogP contribution in [0.5, 0.6) is 0 Å². The number of hydrogen-bond acceptors (Lipinski definition) is 1. The lowest BCUT2D eigenvalue weighted by molar-refractivity contribution is 0.0616. The standard InChI is InChI=1S/C14H15BrFNO/c15-12-7-11-1-4-17(14(11)8-13(12)16)9-10-2-5-18-6-3-10/h1,4,7-8,10H,2-3,5-6,9H2. The van der Waals surface area contributed by atoms with Crippen LogP contribution in [0, 0.1) is 11.7 Å². The minimum atomic E-state index is -0.200. The Balaban J connectivity index is 1.89. The van der Waals surface area contributed by atoms with E-state index in [1.165, 1.54) is 0 Å². The normalized spacial score (nSPS) is 17.4. The second-order valence-electron chi connectivity index (χ2n) is 4.85. The Bertz CT molecular complexity index is 560. The van der Waals surface area contributed by atoms with Gasteiger partial charge in [-0.15, -0.1) is 0 Å². The lowest BCUT2D eigenvalue weighted by Crippen LogP contribution is -2.20. The van der Waals surface area contributed by atoms with Crippen LogP contribution in [0.3, 0.4) is 0 Å². The van der Waals surface area contributed by atoms with Gasteiger partial charge in [0.05, 0.1) is 9.99 Å². The monoisotopic (exact) mass is 311 g/mol. The maximum atomic E-state index is 13.6. The molecule has 1 aromatic heterocycles. The van der Waals surface area contributed by atoms with Gasteiger partial charge >= 0.3 is 0 Å². The lowest BCUT2D eigenvalue weighted by Gasteiger charge is -2.22. The molecule has 0 amide bonds. The summed E-state index contributed by atoms with van der Waals surface area (Å²) in [6, 6.07) is 5.49. The molecular formula is C14H15BrFNO. The first-order valence-corrected chi connectivity index (χ1v) is 7.05. The van der Waals surface area contributed by atoms with Gasteiger partial charge in [0.25, 0.3) is 0 Å². The van der Waals surface area contributed by atoms with Crippen molar-refractivity contribution < 1.29 is 9.13 Å². The number of fused-ring (bicyclic) bond motifs is 1. The molecule has 3 rings (SSSR count). The van der Waals surface area contributed by atoms with Crippen LogP contribution in [0.15, 0.2) is 28.9 Å². The van der Waals surface area contributed by atoms with Gasteiger partial charge in [-0.2, -0.15) is 0 Å². The summed E-state index contributed by atoms with van der Waals surface area (Å²) in [6.07, 6.45) is 4.24. The van der Waals surface area contributed by atoms with Crippen LogP contribution in [-0.2, 0) is 11.3 Å². The first kappa shape index (κ1) is 12.2. The van der Waals surface area contributed by atoms with Crippen molar-refractivity contribution >= 4 is 26.8 Å². The highest BCUT2D eigenvalue weighted by molar-refractivity contribution is 9.10. The first-order chi connectivity index (χ1) is 8.74. The van der Waals surface area contributed by atoms with Gasteiger partial charge in [0.2, 0.25) is 0 Å². The van der Waals surface area contributed by atoms with Crippen molar-refractivity contribution in [2.24, 2.45) is 5.92 Å². The van der Waals surface area contributed by atoms with Crippen LogP contribution in [0.25, 0.3) is 10.9 Å². The summed E-state index contributed by atoms with van der Waals surface area (Å²) in [7, 11) is 0. The molecule has 0 atom stereocenters. The molecule has 18 heavy (non-hydrogen) atoms. The third-order valence-electron chi connectivity index (χ3n) is 3.61. The molecule has 2 nitrogen and oxygen atoms in total. The molecule has 0 radical (unpaired) electrons. The highest BCUT2D eigenvalue weighted by Gasteiger charge is 2.15. The highest BCUT2D eigenvalue weighted by Crippen LogP contribution is 2.26. The number of aromatic nitrogens is 1. The van der Waals surface area contributed by atoms with Gasteiger partial charge in [0.15, 0.2) is 0 Å². The van der Waals surface area contributed by atoms with Crippen LogP contribution in [0.4, 0.5) is 4.39 Å². The van der Waals surface area contributed by atoms with Gasteiger partial charge in [-0.3, -0.25) is 0 Å². The Morgan fingerprint density at radius 2 is 2.11 bits per heavy atom. The van der Waals surface area contributed by atoms with E-state index in [-0.39, 0.29) is 5.82 Å². The Morgan fingerprint density at radius 3 is 2.89 bits per heavy atom. The highest BCUT2D eigenvalue weighted by atomic mass is 79.9. The van der Waals surface area contributed by atoms with E-state index in [9.17, 15) is 4.39 Å². The van der Waals surface area contributed by atoms with Crippen LogP contribution in [0.1, 0.15) is 12.8 Å². The van der Waals surface area contributed by atoms with Crippen molar-refractivity contribution in [1.82, 2.24) is 4.57 Å². The van der Waals surface area contributed by atoms with Gasteiger partial charge in [-0.05, 0) is 52.9 Å². The average Bonchev–Trinajstić information content (AvgIpc) is 2.74. The number of ether oxygens (including phenoxy) is 1. The molecule has 1 aromatic carbocycles. The third-order valence-corrected chi connectivity index (χ3v) is 4.22. The van der Waals surface area contributed by atoms with E-state index < -0.39 is 0 Å². The molecular weight excluding hydrogens is 297 g/mol. The summed E-state index contributed by atoms with van der Waals surface area (Å²) in [5.41, 5.74) is 0.974. The molecule has 1 fully saturated rings. The number of nitrogens with zero attached hydrogens (tertiary/aromatic N) is 1. The third kappa shape index (κ3) is 2.31. The van der Waals surface area contributed by atoms with Gasteiger partial charge in [0.1, 0.15) is 5.82 Å². The van der Waals surface area contributed by atoms with Gasteiger partial charge in [-0.25, -0.2) is 4.39 Å². The summed E-state index contributed by atoms with van der Waals surface area (Å²) >= 11 is 3.22. The van der Waals surface area contributed by atoms with Crippen molar-refractivity contribution in [2.75, 3.05) is 13.2 Å². The molecule has 0 spiro atoms. The number of hydrogen-bond donors (Lipinski definition) is 0. The van der Waals surface area contributed by atoms with Gasteiger partial charge in [-0.1, -0.05) is 0 Å². The number of benzene rings is 1. The van der Waals surface area contributed by atoms with E-state index in [4.69, 9.17) is 4.74 Å². The molecule has 2 aromatic rings. The van der Waals surface area contributed by atoms with Crippen LogP contribution >= 0.6 is 15.9 Å². The fourth-order valence-electron chi connectivity index (χ4n) is 2.55. The van der Waals surface area contributed by atoms with E-state index in [1.54, 1.807) is 6.07 Å². The Morgan fingerprint density at radius 1 is 1.33 bits per heavy atom. The lowest BCUT2D eigenvalue weighted by atomic mass is 10.0. The van der Waals surface area contributed by atoms with Crippen LogP contribution in [0.2, 0.25) is 0 Å².